The summed E-state index contributed by atoms with van der Waals surface area (Å²) in [7, 11) is 0. The molecule has 0 saturated heterocycles. The summed E-state index contributed by atoms with van der Waals surface area (Å²) in [6.45, 7) is 6.27. The minimum atomic E-state index is -1.14. The zero-order valence-corrected chi connectivity index (χ0v) is 15.1. The summed E-state index contributed by atoms with van der Waals surface area (Å²) in [6, 6.07) is 3.26. The highest BCUT2D eigenvalue weighted by atomic mass is 35.5. The molecule has 2 aromatic rings. The molecule has 2 rings (SSSR count). The van der Waals surface area contributed by atoms with E-state index in [1.165, 1.54) is 6.07 Å². The third-order valence-electron chi connectivity index (χ3n) is 3.50. The summed E-state index contributed by atoms with van der Waals surface area (Å²) < 4.78 is 0. The first-order valence-electron chi connectivity index (χ1n) is 7.27. The summed E-state index contributed by atoms with van der Waals surface area (Å²) in [5.41, 5.74) is 1.43. The van der Waals surface area contributed by atoms with Crippen molar-refractivity contribution in [3.05, 3.63) is 39.9 Å². The first-order chi connectivity index (χ1) is 11.1. The van der Waals surface area contributed by atoms with E-state index in [0.29, 0.717) is 22.2 Å². The van der Waals surface area contributed by atoms with Crippen molar-refractivity contribution in [1.29, 1.82) is 0 Å². The highest BCUT2D eigenvalue weighted by molar-refractivity contribution is 6.31. The fourth-order valence-electron chi connectivity index (χ4n) is 2.28. The van der Waals surface area contributed by atoms with Gasteiger partial charge in [0.05, 0.1) is 23.8 Å². The highest BCUT2D eigenvalue weighted by Gasteiger charge is 2.20. The largest absolute Gasteiger partial charge is 0.506 e. The second-order valence-corrected chi connectivity index (χ2v) is 7.08. The van der Waals surface area contributed by atoms with Crippen molar-refractivity contribution >= 4 is 34.9 Å². The van der Waals surface area contributed by atoms with E-state index >= 15 is 0 Å². The molecule has 1 aromatic carbocycles. The maximum absolute atomic E-state index is 11.1. The predicted molar refractivity (Wildman–Crippen MR) is 94.2 cm³/mol. The van der Waals surface area contributed by atoms with Gasteiger partial charge >= 0.3 is 5.97 Å². The number of halogens is 2. The first kappa shape index (κ1) is 18.4. The summed E-state index contributed by atoms with van der Waals surface area (Å²) in [5, 5.41) is 22.7. The average Bonchev–Trinajstić information content (AvgIpc) is 2.88. The van der Waals surface area contributed by atoms with Gasteiger partial charge in [-0.1, -0.05) is 32.4 Å². The maximum Gasteiger partial charge on any atom is 0.356 e. The number of phenolic OH excluding ortho intramolecular Hbond substituents is 1. The lowest BCUT2D eigenvalue weighted by Crippen LogP contribution is -2.13. The second kappa shape index (κ2) is 6.91. The number of carboxylic acid groups (broad SMARTS) is 1. The lowest BCUT2D eigenvalue weighted by Gasteiger charge is -2.22. The molecule has 8 heteroatoms. The Morgan fingerprint density at radius 2 is 2.04 bits per heavy atom. The highest BCUT2D eigenvalue weighted by Crippen LogP contribution is 2.37. The number of aromatic nitrogens is 2. The molecular formula is C16H19Cl2N3O3. The number of alkyl halides is 1. The standard InChI is InChI=1S/C16H19Cl2N3O3/c1-16(2,3)8-4-10(12(22)5-9(8)18)19-7-13-20-11(6-17)14(21-13)15(23)24/h4-5,19,22H,6-7H2,1-3H3,(H,20,21)(H,23,24). The Morgan fingerprint density at radius 3 is 2.54 bits per heavy atom. The Hall–Kier alpha value is -1.92. The average molecular weight is 372 g/mol. The number of aromatic hydroxyl groups is 1. The molecule has 0 radical (unpaired) electrons. The third-order valence-corrected chi connectivity index (χ3v) is 4.08. The molecule has 4 N–H and O–H groups in total. The van der Waals surface area contributed by atoms with E-state index in [2.05, 4.69) is 15.3 Å². The van der Waals surface area contributed by atoms with Crippen LogP contribution in [0.25, 0.3) is 0 Å². The van der Waals surface area contributed by atoms with Crippen LogP contribution < -0.4 is 5.32 Å². The van der Waals surface area contributed by atoms with E-state index in [1.807, 2.05) is 20.8 Å². The zero-order chi connectivity index (χ0) is 18.1. The molecule has 130 valence electrons. The summed E-state index contributed by atoms with van der Waals surface area (Å²) in [4.78, 5) is 18.0. The van der Waals surface area contributed by atoms with E-state index < -0.39 is 5.97 Å². The van der Waals surface area contributed by atoms with Gasteiger partial charge in [-0.05, 0) is 17.0 Å². The lowest BCUT2D eigenvalue weighted by molar-refractivity contribution is 0.0690. The topological polar surface area (TPSA) is 98.2 Å². The van der Waals surface area contributed by atoms with Crippen LogP contribution in [0.15, 0.2) is 12.1 Å². The Balaban J connectivity index is 2.25. The summed E-state index contributed by atoms with van der Waals surface area (Å²) in [6.07, 6.45) is 0. The quantitative estimate of drug-likeness (QED) is 0.468. The number of imidazole rings is 1. The van der Waals surface area contributed by atoms with Crippen molar-refractivity contribution in [2.45, 2.75) is 38.6 Å². The second-order valence-electron chi connectivity index (χ2n) is 6.40. The molecular weight excluding hydrogens is 353 g/mol. The van der Waals surface area contributed by atoms with E-state index in [9.17, 15) is 9.90 Å². The van der Waals surface area contributed by atoms with Crippen molar-refractivity contribution < 1.29 is 15.0 Å². The van der Waals surface area contributed by atoms with Crippen LogP contribution in [0.2, 0.25) is 5.02 Å². The Morgan fingerprint density at radius 1 is 1.38 bits per heavy atom. The maximum atomic E-state index is 11.1. The number of aromatic carboxylic acids is 1. The van der Waals surface area contributed by atoms with Crippen molar-refractivity contribution in [3.63, 3.8) is 0 Å². The lowest BCUT2D eigenvalue weighted by atomic mass is 9.86. The van der Waals surface area contributed by atoms with E-state index in [1.54, 1.807) is 6.07 Å². The molecule has 0 fully saturated rings. The van der Waals surface area contributed by atoms with Gasteiger partial charge in [-0.3, -0.25) is 0 Å². The molecule has 6 nitrogen and oxygen atoms in total. The summed E-state index contributed by atoms with van der Waals surface area (Å²) in [5.74, 6) is -0.697. The van der Waals surface area contributed by atoms with Gasteiger partial charge < -0.3 is 20.5 Å². The van der Waals surface area contributed by atoms with Gasteiger partial charge in [0.25, 0.3) is 0 Å². The van der Waals surface area contributed by atoms with Crippen LogP contribution in [0, 0.1) is 0 Å². The normalized spacial score (nSPS) is 11.5. The molecule has 0 saturated carbocycles. The fourth-order valence-corrected chi connectivity index (χ4v) is 2.91. The van der Waals surface area contributed by atoms with Gasteiger partial charge in [0.15, 0.2) is 5.69 Å². The van der Waals surface area contributed by atoms with E-state index in [-0.39, 0.29) is 29.3 Å². The van der Waals surface area contributed by atoms with Gasteiger partial charge in [0, 0.05) is 11.1 Å². The van der Waals surface area contributed by atoms with Crippen molar-refractivity contribution in [1.82, 2.24) is 9.97 Å². The van der Waals surface area contributed by atoms with Crippen LogP contribution in [0.3, 0.4) is 0 Å². The molecule has 0 aliphatic rings. The number of rotatable bonds is 5. The Kier molecular flexibility index (Phi) is 5.30. The minimum Gasteiger partial charge on any atom is -0.506 e. The molecule has 24 heavy (non-hydrogen) atoms. The third kappa shape index (κ3) is 3.94. The van der Waals surface area contributed by atoms with Crippen LogP contribution in [0.1, 0.15) is 48.3 Å². The van der Waals surface area contributed by atoms with Crippen molar-refractivity contribution in [2.75, 3.05) is 5.32 Å². The van der Waals surface area contributed by atoms with E-state index in [4.69, 9.17) is 28.3 Å². The van der Waals surface area contributed by atoms with Gasteiger partial charge in [-0.2, -0.15) is 0 Å². The van der Waals surface area contributed by atoms with Crippen LogP contribution in [0.5, 0.6) is 5.75 Å². The Bertz CT molecular complexity index is 767. The molecule has 0 bridgehead atoms. The van der Waals surface area contributed by atoms with Crippen molar-refractivity contribution in [2.24, 2.45) is 0 Å². The molecule has 0 aliphatic heterocycles. The monoisotopic (exact) mass is 371 g/mol. The minimum absolute atomic E-state index is 0.00980. The van der Waals surface area contributed by atoms with Gasteiger partial charge in [0.1, 0.15) is 11.6 Å². The number of nitrogens with one attached hydrogen (secondary N) is 2. The number of phenols is 1. The van der Waals surface area contributed by atoms with Gasteiger partial charge in [-0.15, -0.1) is 11.6 Å². The van der Waals surface area contributed by atoms with Gasteiger partial charge in [0.2, 0.25) is 0 Å². The molecule has 0 spiro atoms. The van der Waals surface area contributed by atoms with E-state index in [0.717, 1.165) is 5.56 Å². The molecule has 1 heterocycles. The zero-order valence-electron chi connectivity index (χ0n) is 13.6. The predicted octanol–water partition coefficient (Wildman–Crippen LogP) is 4.12. The molecule has 0 unspecified atom stereocenters. The van der Waals surface area contributed by atoms with Crippen LogP contribution in [0.4, 0.5) is 5.69 Å². The smallest absolute Gasteiger partial charge is 0.356 e. The van der Waals surface area contributed by atoms with Crippen LogP contribution >= 0.6 is 23.2 Å². The number of nitrogens with zero attached hydrogens (tertiary/aromatic N) is 1. The molecule has 1 aromatic heterocycles. The number of carbonyl (C=O) groups is 1. The number of hydrogen-bond donors (Lipinski definition) is 4. The first-order valence-corrected chi connectivity index (χ1v) is 8.18. The number of hydrogen-bond acceptors (Lipinski definition) is 4. The molecule has 0 amide bonds. The summed E-state index contributed by atoms with van der Waals surface area (Å²) >= 11 is 11.9. The number of carboxylic acids is 1. The van der Waals surface area contributed by atoms with Crippen LogP contribution in [-0.2, 0) is 17.8 Å². The van der Waals surface area contributed by atoms with Gasteiger partial charge in [-0.25, -0.2) is 9.78 Å². The number of benzene rings is 1. The SMILES string of the molecule is CC(C)(C)c1cc(NCc2nc(C(=O)O)c(CCl)[nH]2)c(O)cc1Cl. The number of anilines is 1. The fraction of sp³-hybridized carbons (Fsp3) is 0.375. The molecule has 0 aliphatic carbocycles. The van der Waals surface area contributed by atoms with Crippen molar-refractivity contribution in [3.8, 4) is 5.75 Å². The molecule has 0 atom stereocenters. The van der Waals surface area contributed by atoms with Crippen LogP contribution in [-0.4, -0.2) is 26.2 Å². The number of H-pyrrole nitrogens is 1. The Labute approximate surface area is 149 Å². The number of aromatic amines is 1.